The van der Waals surface area contributed by atoms with E-state index in [1.807, 2.05) is 0 Å². The number of nitrogens with zero attached hydrogens (tertiary/aromatic N) is 1. The van der Waals surface area contributed by atoms with Gasteiger partial charge in [-0.1, -0.05) is 19.3 Å². The van der Waals surface area contributed by atoms with E-state index in [4.69, 9.17) is 0 Å². The van der Waals surface area contributed by atoms with Crippen molar-refractivity contribution in [2.24, 2.45) is 5.92 Å². The first-order chi connectivity index (χ1) is 9.18. The van der Waals surface area contributed by atoms with E-state index < -0.39 is 12.0 Å². The Balaban J connectivity index is 2.04. The molecule has 1 aliphatic carbocycles. The number of hydrogen-bond acceptors (Lipinski definition) is 3. The van der Waals surface area contributed by atoms with Gasteiger partial charge in [0.15, 0.2) is 0 Å². The van der Waals surface area contributed by atoms with Gasteiger partial charge in [0.25, 0.3) is 5.91 Å². The molecule has 1 saturated carbocycles. The van der Waals surface area contributed by atoms with Crippen molar-refractivity contribution in [2.75, 3.05) is 0 Å². The highest BCUT2D eigenvalue weighted by molar-refractivity contribution is 5.96. The van der Waals surface area contributed by atoms with Crippen LogP contribution in [0.5, 0.6) is 0 Å². The van der Waals surface area contributed by atoms with Crippen LogP contribution in [0.25, 0.3) is 0 Å². The second kappa shape index (κ2) is 6.31. The van der Waals surface area contributed by atoms with Gasteiger partial charge in [0.05, 0.1) is 5.56 Å². The topological polar surface area (TPSA) is 79.3 Å². The van der Waals surface area contributed by atoms with Gasteiger partial charge in [-0.3, -0.25) is 9.78 Å². The molecule has 2 rings (SSSR count). The van der Waals surface area contributed by atoms with Crippen LogP contribution in [0.4, 0.5) is 0 Å². The number of carbonyl (C=O) groups is 2. The molecule has 1 amide bonds. The molecule has 0 aliphatic heterocycles. The molecule has 1 aromatic heterocycles. The van der Waals surface area contributed by atoms with Crippen LogP contribution >= 0.6 is 0 Å². The van der Waals surface area contributed by atoms with Crippen molar-refractivity contribution in [2.45, 2.75) is 38.1 Å². The molecule has 0 spiro atoms. The SMILES string of the molecule is O=C(NC(C(=O)O)C1CCCCC1)c1cccnc1. The Hall–Kier alpha value is -1.91. The maximum absolute atomic E-state index is 12.0. The molecule has 1 unspecified atom stereocenters. The van der Waals surface area contributed by atoms with E-state index in [0.717, 1.165) is 32.1 Å². The fraction of sp³-hybridized carbons (Fsp3) is 0.500. The number of aromatic nitrogens is 1. The molecular weight excluding hydrogens is 244 g/mol. The van der Waals surface area contributed by atoms with Gasteiger partial charge in [-0.25, -0.2) is 4.79 Å². The molecule has 2 N–H and O–H groups in total. The van der Waals surface area contributed by atoms with Crippen LogP contribution in [0.2, 0.25) is 0 Å². The third kappa shape index (κ3) is 3.53. The summed E-state index contributed by atoms with van der Waals surface area (Å²) in [7, 11) is 0. The van der Waals surface area contributed by atoms with Crippen LogP contribution in [0, 0.1) is 5.92 Å². The number of nitrogens with one attached hydrogen (secondary N) is 1. The average Bonchev–Trinajstić information content (AvgIpc) is 2.46. The molecule has 102 valence electrons. The van der Waals surface area contributed by atoms with Crippen LogP contribution < -0.4 is 5.32 Å². The summed E-state index contributed by atoms with van der Waals surface area (Å²) < 4.78 is 0. The summed E-state index contributed by atoms with van der Waals surface area (Å²) in [5.41, 5.74) is 0.393. The Morgan fingerprint density at radius 1 is 1.32 bits per heavy atom. The van der Waals surface area contributed by atoms with Gasteiger partial charge >= 0.3 is 5.97 Å². The molecule has 0 bridgehead atoms. The van der Waals surface area contributed by atoms with Gasteiger partial charge in [0.1, 0.15) is 6.04 Å². The number of amides is 1. The molecule has 5 nitrogen and oxygen atoms in total. The number of aliphatic carboxylic acids is 1. The zero-order chi connectivity index (χ0) is 13.7. The maximum atomic E-state index is 12.0. The summed E-state index contributed by atoms with van der Waals surface area (Å²) in [4.78, 5) is 27.2. The van der Waals surface area contributed by atoms with Crippen LogP contribution in [0.1, 0.15) is 42.5 Å². The molecule has 0 radical (unpaired) electrons. The summed E-state index contributed by atoms with van der Waals surface area (Å²) in [5, 5.41) is 11.9. The third-order valence-electron chi connectivity index (χ3n) is 3.60. The summed E-state index contributed by atoms with van der Waals surface area (Å²) in [6.07, 6.45) is 7.98. The van der Waals surface area contributed by atoms with Crippen molar-refractivity contribution in [1.82, 2.24) is 10.3 Å². The third-order valence-corrected chi connectivity index (χ3v) is 3.60. The highest BCUT2D eigenvalue weighted by Gasteiger charge is 2.30. The van der Waals surface area contributed by atoms with Gasteiger partial charge < -0.3 is 10.4 Å². The Morgan fingerprint density at radius 2 is 2.05 bits per heavy atom. The molecule has 1 atom stereocenters. The summed E-state index contributed by atoms with van der Waals surface area (Å²) in [6.45, 7) is 0. The van der Waals surface area contributed by atoms with Gasteiger partial charge in [0.2, 0.25) is 0 Å². The van der Waals surface area contributed by atoms with E-state index in [-0.39, 0.29) is 11.8 Å². The van der Waals surface area contributed by atoms with E-state index >= 15 is 0 Å². The number of rotatable bonds is 4. The van der Waals surface area contributed by atoms with Crippen LogP contribution in [-0.4, -0.2) is 28.0 Å². The van der Waals surface area contributed by atoms with Gasteiger partial charge in [-0.05, 0) is 30.9 Å². The van der Waals surface area contributed by atoms with Crippen LogP contribution in [0.15, 0.2) is 24.5 Å². The normalized spacial score (nSPS) is 17.7. The van der Waals surface area contributed by atoms with Crippen LogP contribution in [-0.2, 0) is 4.79 Å². The first kappa shape index (κ1) is 13.5. The van der Waals surface area contributed by atoms with E-state index in [9.17, 15) is 14.7 Å². The van der Waals surface area contributed by atoms with Crippen molar-refractivity contribution in [3.05, 3.63) is 30.1 Å². The number of carbonyl (C=O) groups excluding carboxylic acids is 1. The number of carboxylic acids is 1. The second-order valence-electron chi connectivity index (χ2n) is 4.93. The standard InChI is InChI=1S/C14H18N2O3/c17-13(11-7-4-8-15-9-11)16-12(14(18)19)10-5-2-1-3-6-10/h4,7-10,12H,1-3,5-6H2,(H,16,17)(H,18,19). The van der Waals surface area contributed by atoms with Gasteiger partial charge in [0, 0.05) is 12.4 Å². The molecule has 1 aromatic rings. The van der Waals surface area contributed by atoms with Gasteiger partial charge in [-0.15, -0.1) is 0 Å². The molecule has 0 saturated heterocycles. The smallest absolute Gasteiger partial charge is 0.326 e. The first-order valence-corrected chi connectivity index (χ1v) is 6.62. The van der Waals surface area contributed by atoms with E-state index in [2.05, 4.69) is 10.3 Å². The Bertz CT molecular complexity index is 441. The monoisotopic (exact) mass is 262 g/mol. The van der Waals surface area contributed by atoms with Crippen molar-refractivity contribution in [3.8, 4) is 0 Å². The predicted octanol–water partition coefficient (Wildman–Crippen LogP) is 1.84. The van der Waals surface area contributed by atoms with Gasteiger partial charge in [-0.2, -0.15) is 0 Å². The van der Waals surface area contributed by atoms with Crippen molar-refractivity contribution in [1.29, 1.82) is 0 Å². The van der Waals surface area contributed by atoms with E-state index in [1.54, 1.807) is 18.3 Å². The molecule has 19 heavy (non-hydrogen) atoms. The largest absolute Gasteiger partial charge is 0.480 e. The summed E-state index contributed by atoms with van der Waals surface area (Å²) >= 11 is 0. The Morgan fingerprint density at radius 3 is 2.63 bits per heavy atom. The van der Waals surface area contributed by atoms with Crippen molar-refractivity contribution >= 4 is 11.9 Å². The van der Waals surface area contributed by atoms with E-state index in [0.29, 0.717) is 5.56 Å². The summed E-state index contributed by atoms with van der Waals surface area (Å²) in [5.74, 6) is -1.29. The highest BCUT2D eigenvalue weighted by atomic mass is 16.4. The average molecular weight is 262 g/mol. The lowest BCUT2D eigenvalue weighted by Gasteiger charge is -2.27. The lowest BCUT2D eigenvalue weighted by Crippen LogP contribution is -2.46. The van der Waals surface area contributed by atoms with Crippen molar-refractivity contribution in [3.63, 3.8) is 0 Å². The minimum Gasteiger partial charge on any atom is -0.480 e. The molecule has 5 heteroatoms. The second-order valence-corrected chi connectivity index (χ2v) is 4.93. The zero-order valence-corrected chi connectivity index (χ0v) is 10.7. The molecule has 1 aliphatic rings. The molecular formula is C14H18N2O3. The molecule has 1 heterocycles. The summed E-state index contributed by atoms with van der Waals surface area (Å²) in [6, 6.07) is 2.49. The van der Waals surface area contributed by atoms with Crippen LogP contribution in [0.3, 0.4) is 0 Å². The lowest BCUT2D eigenvalue weighted by molar-refractivity contribution is -0.141. The lowest BCUT2D eigenvalue weighted by atomic mass is 9.84. The molecule has 1 fully saturated rings. The maximum Gasteiger partial charge on any atom is 0.326 e. The molecule has 0 aromatic carbocycles. The predicted molar refractivity (Wildman–Crippen MR) is 69.7 cm³/mol. The minimum atomic E-state index is -0.954. The highest BCUT2D eigenvalue weighted by Crippen LogP contribution is 2.26. The Kier molecular flexibility index (Phi) is 4.49. The Labute approximate surface area is 112 Å². The fourth-order valence-corrected chi connectivity index (χ4v) is 2.57. The zero-order valence-electron chi connectivity index (χ0n) is 10.7. The van der Waals surface area contributed by atoms with Crippen molar-refractivity contribution < 1.29 is 14.7 Å². The number of pyridine rings is 1. The first-order valence-electron chi connectivity index (χ1n) is 6.62. The van der Waals surface area contributed by atoms with E-state index in [1.165, 1.54) is 6.20 Å². The minimum absolute atomic E-state index is 0.0341. The number of hydrogen-bond donors (Lipinski definition) is 2. The quantitative estimate of drug-likeness (QED) is 0.867. The number of carboxylic acid groups (broad SMARTS) is 1. The fourth-order valence-electron chi connectivity index (χ4n) is 2.57.